The van der Waals surface area contributed by atoms with E-state index in [9.17, 15) is 13.2 Å². The Kier molecular flexibility index (Phi) is 3.42. The van der Waals surface area contributed by atoms with Crippen LogP contribution in [-0.4, -0.2) is 57.2 Å². The van der Waals surface area contributed by atoms with Crippen molar-refractivity contribution in [2.45, 2.75) is 12.2 Å². The highest BCUT2D eigenvalue weighted by atomic mass is 32.2. The van der Waals surface area contributed by atoms with Crippen molar-refractivity contribution in [3.63, 3.8) is 0 Å². The summed E-state index contributed by atoms with van der Waals surface area (Å²) >= 11 is 0. The van der Waals surface area contributed by atoms with Crippen LogP contribution in [0.4, 0.5) is 0 Å². The first-order chi connectivity index (χ1) is 7.96. The molecule has 2 aliphatic heterocycles. The van der Waals surface area contributed by atoms with Gasteiger partial charge in [0, 0.05) is 13.1 Å². The zero-order valence-electron chi connectivity index (χ0n) is 10.0. The third kappa shape index (κ3) is 2.19. The van der Waals surface area contributed by atoms with E-state index in [1.165, 1.54) is 18.3 Å². The van der Waals surface area contributed by atoms with Crippen LogP contribution in [0, 0.1) is 11.8 Å². The van der Waals surface area contributed by atoms with Gasteiger partial charge in [0.1, 0.15) is 0 Å². The molecule has 0 radical (unpaired) electrons. The minimum absolute atomic E-state index is 0.384. The van der Waals surface area contributed by atoms with Gasteiger partial charge >= 0.3 is 5.97 Å². The van der Waals surface area contributed by atoms with Crippen LogP contribution in [0.5, 0.6) is 0 Å². The van der Waals surface area contributed by atoms with E-state index in [-0.39, 0.29) is 0 Å². The van der Waals surface area contributed by atoms with Gasteiger partial charge in [-0.05, 0) is 31.8 Å². The molecule has 6 nitrogen and oxygen atoms in total. The van der Waals surface area contributed by atoms with Crippen molar-refractivity contribution in [1.82, 2.24) is 9.62 Å². The van der Waals surface area contributed by atoms with Crippen molar-refractivity contribution >= 4 is 16.0 Å². The van der Waals surface area contributed by atoms with Gasteiger partial charge in [-0.2, -0.15) is 0 Å². The molecule has 17 heavy (non-hydrogen) atoms. The number of esters is 1. The van der Waals surface area contributed by atoms with E-state index in [2.05, 4.69) is 10.1 Å². The Bertz CT molecular complexity index is 397. The molecule has 2 rings (SSSR count). The molecule has 2 aliphatic rings. The first-order valence-electron chi connectivity index (χ1n) is 5.74. The summed E-state index contributed by atoms with van der Waals surface area (Å²) in [4.78, 5) is 11.3. The molecule has 2 fully saturated rings. The van der Waals surface area contributed by atoms with E-state index in [1.54, 1.807) is 0 Å². The number of carbonyl (C=O) groups is 1. The maximum atomic E-state index is 12.2. The summed E-state index contributed by atoms with van der Waals surface area (Å²) in [6.45, 7) is 4.14. The van der Waals surface area contributed by atoms with Gasteiger partial charge in [0.2, 0.25) is 10.0 Å². The zero-order chi connectivity index (χ0) is 12.6. The normalized spacial score (nSPS) is 31.2. The van der Waals surface area contributed by atoms with Crippen molar-refractivity contribution in [3.8, 4) is 0 Å². The summed E-state index contributed by atoms with van der Waals surface area (Å²) in [6.07, 6.45) is 0. The predicted octanol–water partition coefficient (Wildman–Crippen LogP) is -0.971. The topological polar surface area (TPSA) is 75.7 Å². The first-order valence-corrected chi connectivity index (χ1v) is 7.24. The van der Waals surface area contributed by atoms with Crippen LogP contribution in [0.1, 0.15) is 6.92 Å². The molecule has 98 valence electrons. The fourth-order valence-electron chi connectivity index (χ4n) is 2.53. The van der Waals surface area contributed by atoms with Crippen molar-refractivity contribution in [2.75, 3.05) is 33.3 Å². The molecular weight excluding hydrogens is 244 g/mol. The highest BCUT2D eigenvalue weighted by Gasteiger charge is 2.44. The molecule has 7 heteroatoms. The summed E-state index contributed by atoms with van der Waals surface area (Å²) < 4.78 is 30.3. The fourth-order valence-corrected chi connectivity index (χ4v) is 4.12. The van der Waals surface area contributed by atoms with E-state index < -0.39 is 21.2 Å². The molecule has 0 bridgehead atoms. The maximum absolute atomic E-state index is 12.2. The molecule has 0 saturated carbocycles. The number of methoxy groups -OCH3 is 1. The fraction of sp³-hybridized carbons (Fsp3) is 0.900. The minimum Gasteiger partial charge on any atom is -0.468 e. The van der Waals surface area contributed by atoms with E-state index >= 15 is 0 Å². The molecule has 0 aliphatic carbocycles. The van der Waals surface area contributed by atoms with Crippen LogP contribution in [0.2, 0.25) is 0 Å². The number of hydrogen-bond acceptors (Lipinski definition) is 5. The number of rotatable bonds is 3. The largest absolute Gasteiger partial charge is 0.468 e. The molecule has 2 heterocycles. The third-order valence-corrected chi connectivity index (χ3v) is 5.80. The molecule has 1 unspecified atom stereocenters. The SMILES string of the molecule is COC(=O)C(C)S(=O)(=O)N1C[C@H]2CNC[C@H]2C1. The standard InChI is InChI=1S/C10H18N2O4S/c1-7(10(13)16-2)17(14,15)12-5-8-3-11-4-9(8)6-12/h7-9,11H,3-6H2,1-2H3/t7?,8-,9+. The van der Waals surface area contributed by atoms with Gasteiger partial charge in [-0.1, -0.05) is 0 Å². The molecule has 0 aromatic heterocycles. The average Bonchev–Trinajstić information content (AvgIpc) is 2.86. The van der Waals surface area contributed by atoms with Gasteiger partial charge in [0.05, 0.1) is 7.11 Å². The number of sulfonamides is 1. The highest BCUT2D eigenvalue weighted by molar-refractivity contribution is 7.90. The Hall–Kier alpha value is -0.660. The summed E-state index contributed by atoms with van der Waals surface area (Å²) in [5, 5.41) is 2.13. The molecule has 0 spiro atoms. The lowest BCUT2D eigenvalue weighted by Crippen LogP contribution is -2.41. The number of nitrogens with one attached hydrogen (secondary N) is 1. The molecule has 1 N–H and O–H groups in total. The summed E-state index contributed by atoms with van der Waals surface area (Å²) in [6, 6.07) is 0. The lowest BCUT2D eigenvalue weighted by Gasteiger charge is -2.20. The van der Waals surface area contributed by atoms with Gasteiger partial charge in [0.25, 0.3) is 0 Å². The van der Waals surface area contributed by atoms with Crippen LogP contribution in [-0.2, 0) is 19.6 Å². The molecule has 3 atom stereocenters. The van der Waals surface area contributed by atoms with E-state index in [0.717, 1.165) is 13.1 Å². The maximum Gasteiger partial charge on any atom is 0.325 e. The van der Waals surface area contributed by atoms with Gasteiger partial charge in [-0.15, -0.1) is 0 Å². The second-order valence-corrected chi connectivity index (χ2v) is 6.96. The Labute approximate surface area is 101 Å². The van der Waals surface area contributed by atoms with Crippen LogP contribution in [0.15, 0.2) is 0 Å². The second-order valence-electron chi connectivity index (χ2n) is 4.71. The van der Waals surface area contributed by atoms with E-state index in [1.807, 2.05) is 0 Å². The number of fused-ring (bicyclic) bond motifs is 1. The zero-order valence-corrected chi connectivity index (χ0v) is 10.9. The predicted molar refractivity (Wildman–Crippen MR) is 61.8 cm³/mol. The number of nitrogens with zero attached hydrogens (tertiary/aromatic N) is 1. The lowest BCUT2D eigenvalue weighted by atomic mass is 10.0. The quantitative estimate of drug-likeness (QED) is 0.662. The Morgan fingerprint density at radius 3 is 2.35 bits per heavy atom. The molecule has 2 saturated heterocycles. The summed E-state index contributed by atoms with van der Waals surface area (Å²) in [5.41, 5.74) is 0. The smallest absolute Gasteiger partial charge is 0.325 e. The van der Waals surface area contributed by atoms with Crippen molar-refractivity contribution < 1.29 is 17.9 Å². The highest BCUT2D eigenvalue weighted by Crippen LogP contribution is 2.29. The average molecular weight is 262 g/mol. The molecule has 0 aromatic rings. The minimum atomic E-state index is -3.56. The second kappa shape index (κ2) is 4.55. The van der Waals surface area contributed by atoms with Crippen LogP contribution in [0.25, 0.3) is 0 Å². The van der Waals surface area contributed by atoms with Gasteiger partial charge in [-0.25, -0.2) is 12.7 Å². The van der Waals surface area contributed by atoms with Crippen LogP contribution >= 0.6 is 0 Å². The Morgan fingerprint density at radius 2 is 1.88 bits per heavy atom. The lowest BCUT2D eigenvalue weighted by molar-refractivity contribution is -0.139. The number of hydrogen-bond donors (Lipinski definition) is 1. The van der Waals surface area contributed by atoms with Gasteiger partial charge in [0.15, 0.2) is 5.25 Å². The van der Waals surface area contributed by atoms with Crippen LogP contribution < -0.4 is 5.32 Å². The Morgan fingerprint density at radius 1 is 1.35 bits per heavy atom. The summed E-state index contributed by atoms with van der Waals surface area (Å²) in [7, 11) is -2.36. The van der Waals surface area contributed by atoms with Crippen molar-refractivity contribution in [3.05, 3.63) is 0 Å². The monoisotopic (exact) mass is 262 g/mol. The van der Waals surface area contributed by atoms with Crippen molar-refractivity contribution in [1.29, 1.82) is 0 Å². The molecule has 0 aromatic carbocycles. The van der Waals surface area contributed by atoms with E-state index in [4.69, 9.17) is 0 Å². The van der Waals surface area contributed by atoms with Gasteiger partial charge < -0.3 is 10.1 Å². The first kappa shape index (κ1) is 12.8. The number of carbonyl (C=O) groups excluding carboxylic acids is 1. The molecule has 0 amide bonds. The van der Waals surface area contributed by atoms with E-state index in [0.29, 0.717) is 24.9 Å². The van der Waals surface area contributed by atoms with Gasteiger partial charge in [-0.3, -0.25) is 4.79 Å². The van der Waals surface area contributed by atoms with Crippen molar-refractivity contribution in [2.24, 2.45) is 11.8 Å². The Balaban J connectivity index is 2.09. The third-order valence-electron chi connectivity index (χ3n) is 3.70. The number of ether oxygens (including phenoxy) is 1. The van der Waals surface area contributed by atoms with Crippen LogP contribution in [0.3, 0.4) is 0 Å². The molecular formula is C10H18N2O4S. The summed E-state index contributed by atoms with van der Waals surface area (Å²) in [5.74, 6) is 0.0735.